The molecule has 0 bridgehead atoms. The lowest BCUT2D eigenvalue weighted by atomic mass is 9.87. The van der Waals surface area contributed by atoms with E-state index in [0.29, 0.717) is 5.56 Å². The third-order valence-electron chi connectivity index (χ3n) is 5.11. The highest BCUT2D eigenvalue weighted by Gasteiger charge is 2.30. The van der Waals surface area contributed by atoms with Crippen LogP contribution in [0.15, 0.2) is 76.3 Å². The van der Waals surface area contributed by atoms with Crippen molar-refractivity contribution in [3.05, 3.63) is 88.8 Å². The lowest BCUT2D eigenvalue weighted by molar-refractivity contribution is -0.123. The maximum Gasteiger partial charge on any atom is 0.251 e. The summed E-state index contributed by atoms with van der Waals surface area (Å²) in [5.41, 5.74) is 2.95. The first-order valence-corrected chi connectivity index (χ1v) is 11.9. The molecule has 1 amide bonds. The molecule has 1 aromatic heterocycles. The number of hydrogen-bond acceptors (Lipinski definition) is 4. The van der Waals surface area contributed by atoms with Crippen LogP contribution in [0, 0.1) is 0 Å². The average molecular weight is 427 g/mol. The molecule has 0 unspecified atom stereocenters. The van der Waals surface area contributed by atoms with Gasteiger partial charge in [0.05, 0.1) is 6.04 Å². The second kappa shape index (κ2) is 8.49. The molecule has 2 aromatic carbocycles. The summed E-state index contributed by atoms with van der Waals surface area (Å²) in [7, 11) is -3.80. The van der Waals surface area contributed by atoms with E-state index in [1.165, 1.54) is 11.6 Å². The molecule has 0 radical (unpaired) electrons. The summed E-state index contributed by atoms with van der Waals surface area (Å²) in [6.07, 6.45) is 2.82. The van der Waals surface area contributed by atoms with Crippen LogP contribution in [-0.2, 0) is 21.2 Å². The number of carbonyl (C=O) groups is 1. The number of sulfonamides is 1. The topological polar surface area (TPSA) is 75.3 Å². The minimum atomic E-state index is -3.80. The number of hydrogen-bond donors (Lipinski definition) is 2. The normalized spacial score (nSPS) is 17.3. The number of amides is 1. The molecule has 1 aliphatic carbocycles. The summed E-state index contributed by atoms with van der Waals surface area (Å²) in [6.45, 7) is 0. The molecule has 0 saturated heterocycles. The van der Waals surface area contributed by atoms with E-state index in [9.17, 15) is 13.2 Å². The van der Waals surface area contributed by atoms with Gasteiger partial charge >= 0.3 is 0 Å². The van der Waals surface area contributed by atoms with E-state index in [0.717, 1.165) is 36.2 Å². The SMILES string of the molecule is O=C(N[C@@H]1CCCc2ccccc21)[C@H](NS(=O)(=O)c1cccs1)c1ccccc1. The van der Waals surface area contributed by atoms with Crippen LogP contribution in [0.3, 0.4) is 0 Å². The monoisotopic (exact) mass is 426 g/mol. The summed E-state index contributed by atoms with van der Waals surface area (Å²) in [5.74, 6) is -0.349. The first-order valence-electron chi connectivity index (χ1n) is 9.53. The molecule has 3 aromatic rings. The van der Waals surface area contributed by atoms with Crippen LogP contribution in [0.5, 0.6) is 0 Å². The van der Waals surface area contributed by atoms with E-state index >= 15 is 0 Å². The van der Waals surface area contributed by atoms with Gasteiger partial charge in [0.2, 0.25) is 5.91 Å². The van der Waals surface area contributed by atoms with Gasteiger partial charge in [0.25, 0.3) is 10.0 Å². The Morgan fingerprint density at radius 2 is 1.76 bits per heavy atom. The molecule has 0 aliphatic heterocycles. The van der Waals surface area contributed by atoms with E-state index in [2.05, 4.69) is 16.1 Å². The number of fused-ring (bicyclic) bond motifs is 1. The van der Waals surface area contributed by atoms with Gasteiger partial charge in [0.15, 0.2) is 0 Å². The number of aryl methyl sites for hydroxylation is 1. The first kappa shape index (κ1) is 19.8. The highest BCUT2D eigenvalue weighted by Crippen LogP contribution is 2.30. The van der Waals surface area contributed by atoms with Crippen molar-refractivity contribution >= 4 is 27.3 Å². The zero-order valence-electron chi connectivity index (χ0n) is 15.7. The summed E-state index contributed by atoms with van der Waals surface area (Å²) < 4.78 is 28.4. The van der Waals surface area contributed by atoms with Crippen LogP contribution in [-0.4, -0.2) is 14.3 Å². The van der Waals surface area contributed by atoms with Gasteiger partial charge in [0, 0.05) is 0 Å². The quantitative estimate of drug-likeness (QED) is 0.626. The second-order valence-electron chi connectivity index (χ2n) is 7.05. The third kappa shape index (κ3) is 4.42. The molecular formula is C22H22N2O3S2. The van der Waals surface area contributed by atoms with Gasteiger partial charge in [0.1, 0.15) is 10.3 Å². The van der Waals surface area contributed by atoms with E-state index in [1.807, 2.05) is 24.3 Å². The molecule has 29 heavy (non-hydrogen) atoms. The van der Waals surface area contributed by atoms with Crippen LogP contribution in [0.1, 0.15) is 41.6 Å². The Kier molecular flexibility index (Phi) is 5.80. The van der Waals surface area contributed by atoms with Crippen molar-refractivity contribution in [1.82, 2.24) is 10.0 Å². The Labute approximate surface area is 174 Å². The fourth-order valence-corrected chi connectivity index (χ4v) is 5.90. The van der Waals surface area contributed by atoms with Crippen molar-refractivity contribution in [3.63, 3.8) is 0 Å². The highest BCUT2D eigenvalue weighted by molar-refractivity contribution is 7.91. The predicted molar refractivity (Wildman–Crippen MR) is 114 cm³/mol. The molecule has 2 N–H and O–H groups in total. The van der Waals surface area contributed by atoms with Gasteiger partial charge in [-0.2, -0.15) is 4.72 Å². The zero-order chi connectivity index (χ0) is 20.3. The Hall–Kier alpha value is -2.48. The van der Waals surface area contributed by atoms with Crippen molar-refractivity contribution < 1.29 is 13.2 Å². The minimum Gasteiger partial charge on any atom is -0.348 e. The third-order valence-corrected chi connectivity index (χ3v) is 7.93. The van der Waals surface area contributed by atoms with Crippen LogP contribution in [0.2, 0.25) is 0 Å². The molecule has 1 heterocycles. The predicted octanol–water partition coefficient (Wildman–Crippen LogP) is 3.96. The fourth-order valence-electron chi connectivity index (χ4n) is 3.71. The first-order chi connectivity index (χ1) is 14.0. The Morgan fingerprint density at radius 1 is 1.00 bits per heavy atom. The number of thiophene rings is 1. The molecule has 1 aliphatic rings. The summed E-state index contributed by atoms with van der Waals surface area (Å²) >= 11 is 1.12. The maximum absolute atomic E-state index is 13.2. The minimum absolute atomic E-state index is 0.120. The fraction of sp³-hybridized carbons (Fsp3) is 0.227. The van der Waals surface area contributed by atoms with E-state index in [-0.39, 0.29) is 16.2 Å². The summed E-state index contributed by atoms with van der Waals surface area (Å²) in [5, 5.41) is 4.78. The smallest absolute Gasteiger partial charge is 0.251 e. The molecular weight excluding hydrogens is 404 g/mol. The Balaban J connectivity index is 1.61. The lowest BCUT2D eigenvalue weighted by Gasteiger charge is -2.28. The number of carbonyl (C=O) groups excluding carboxylic acids is 1. The van der Waals surface area contributed by atoms with Crippen LogP contribution >= 0.6 is 11.3 Å². The molecule has 0 fully saturated rings. The second-order valence-corrected chi connectivity index (χ2v) is 9.94. The number of nitrogens with one attached hydrogen (secondary N) is 2. The Bertz CT molecular complexity index is 1080. The van der Waals surface area contributed by atoms with Crippen molar-refractivity contribution in [1.29, 1.82) is 0 Å². The summed E-state index contributed by atoms with van der Waals surface area (Å²) in [6, 6.07) is 19.1. The number of benzene rings is 2. The van der Waals surface area contributed by atoms with Crippen molar-refractivity contribution in [2.75, 3.05) is 0 Å². The molecule has 5 nitrogen and oxygen atoms in total. The molecule has 4 rings (SSSR count). The van der Waals surface area contributed by atoms with Crippen molar-refractivity contribution in [2.24, 2.45) is 0 Å². The number of rotatable bonds is 6. The van der Waals surface area contributed by atoms with Gasteiger partial charge in [-0.05, 0) is 47.4 Å². The van der Waals surface area contributed by atoms with Crippen LogP contribution in [0.25, 0.3) is 0 Å². The Morgan fingerprint density at radius 3 is 2.52 bits per heavy atom. The van der Waals surface area contributed by atoms with Crippen molar-refractivity contribution in [2.45, 2.75) is 35.6 Å². The van der Waals surface area contributed by atoms with Gasteiger partial charge in [-0.15, -0.1) is 11.3 Å². The van der Waals surface area contributed by atoms with Gasteiger partial charge in [-0.3, -0.25) is 4.79 Å². The standard InChI is InChI=1S/C22H22N2O3S2/c25-22(23-19-13-6-11-16-8-4-5-12-18(16)19)21(17-9-2-1-3-10-17)24-29(26,27)20-14-7-15-28-20/h1-5,7-10,12,14-15,19,21,24H,6,11,13H2,(H,23,25)/t19-,21-/m1/s1. The molecule has 150 valence electrons. The lowest BCUT2D eigenvalue weighted by Crippen LogP contribution is -2.42. The van der Waals surface area contributed by atoms with Crippen molar-refractivity contribution in [3.8, 4) is 0 Å². The largest absolute Gasteiger partial charge is 0.348 e. The molecule has 2 atom stereocenters. The van der Waals surface area contributed by atoms with Crippen LogP contribution in [0.4, 0.5) is 0 Å². The van der Waals surface area contributed by atoms with Gasteiger partial charge in [-0.1, -0.05) is 60.7 Å². The van der Waals surface area contributed by atoms with Gasteiger partial charge < -0.3 is 5.32 Å². The van der Waals surface area contributed by atoms with E-state index in [1.54, 1.807) is 35.7 Å². The van der Waals surface area contributed by atoms with Crippen LogP contribution < -0.4 is 10.0 Å². The van der Waals surface area contributed by atoms with E-state index in [4.69, 9.17) is 0 Å². The van der Waals surface area contributed by atoms with E-state index < -0.39 is 16.1 Å². The molecule has 0 saturated carbocycles. The van der Waals surface area contributed by atoms with Gasteiger partial charge in [-0.25, -0.2) is 8.42 Å². The molecule has 0 spiro atoms. The highest BCUT2D eigenvalue weighted by atomic mass is 32.2. The average Bonchev–Trinajstić information content (AvgIpc) is 3.29. The maximum atomic E-state index is 13.2. The zero-order valence-corrected chi connectivity index (χ0v) is 17.4. The molecule has 7 heteroatoms. The summed E-state index contributed by atoms with van der Waals surface area (Å²) in [4.78, 5) is 13.2.